The predicted octanol–water partition coefficient (Wildman–Crippen LogP) is 3.02. The van der Waals surface area contributed by atoms with Crippen molar-refractivity contribution >= 4 is 23.4 Å². The van der Waals surface area contributed by atoms with Gasteiger partial charge in [-0.05, 0) is 49.9 Å². The van der Waals surface area contributed by atoms with E-state index in [1.807, 2.05) is 0 Å². The van der Waals surface area contributed by atoms with Crippen LogP contribution in [0.2, 0.25) is 5.02 Å². The summed E-state index contributed by atoms with van der Waals surface area (Å²) in [7, 11) is 0. The van der Waals surface area contributed by atoms with Crippen LogP contribution in [0.4, 0.5) is 0 Å². The molecule has 25 heavy (non-hydrogen) atoms. The molecule has 1 aliphatic carbocycles. The third kappa shape index (κ3) is 5.11. The van der Waals surface area contributed by atoms with Crippen molar-refractivity contribution in [3.05, 3.63) is 29.3 Å². The number of rotatable bonds is 5. The van der Waals surface area contributed by atoms with Gasteiger partial charge in [0.2, 0.25) is 5.91 Å². The molecule has 2 aliphatic rings. The molecular formula is C19H25ClN2O3. The molecule has 5 nitrogen and oxygen atoms in total. The van der Waals surface area contributed by atoms with E-state index >= 15 is 0 Å². The molecule has 1 N–H and O–H groups in total. The number of nitrogens with zero attached hydrogens (tertiary/aromatic N) is 1. The van der Waals surface area contributed by atoms with Gasteiger partial charge in [0.25, 0.3) is 5.91 Å². The monoisotopic (exact) mass is 364 g/mol. The van der Waals surface area contributed by atoms with Crippen LogP contribution in [0.25, 0.3) is 0 Å². The first-order valence-corrected chi connectivity index (χ1v) is 9.46. The molecule has 0 spiro atoms. The standard InChI is InChI=1S/C19H25ClN2O3/c20-15-5-7-17(8-6-15)25-13-18(23)22-11-9-14(10-12-22)19(24)21-16-3-1-2-4-16/h5-8,14,16H,1-4,9-13H2,(H,21,24). The molecule has 1 aromatic rings. The van der Waals surface area contributed by atoms with Crippen LogP contribution < -0.4 is 10.1 Å². The highest BCUT2D eigenvalue weighted by molar-refractivity contribution is 6.30. The summed E-state index contributed by atoms with van der Waals surface area (Å²) in [5.74, 6) is 0.784. The van der Waals surface area contributed by atoms with Crippen molar-refractivity contribution in [3.63, 3.8) is 0 Å². The minimum atomic E-state index is -0.0374. The highest BCUT2D eigenvalue weighted by Gasteiger charge is 2.29. The zero-order chi connectivity index (χ0) is 17.6. The van der Waals surface area contributed by atoms with Gasteiger partial charge in [-0.2, -0.15) is 0 Å². The van der Waals surface area contributed by atoms with Gasteiger partial charge in [-0.15, -0.1) is 0 Å². The normalized spacial score (nSPS) is 19.0. The lowest BCUT2D eigenvalue weighted by molar-refractivity contribution is -0.137. The Bertz CT molecular complexity index is 591. The number of nitrogens with one attached hydrogen (secondary N) is 1. The molecule has 1 heterocycles. The van der Waals surface area contributed by atoms with Gasteiger partial charge in [-0.25, -0.2) is 0 Å². The average Bonchev–Trinajstić information content (AvgIpc) is 3.14. The fraction of sp³-hybridized carbons (Fsp3) is 0.579. The predicted molar refractivity (Wildman–Crippen MR) is 96.6 cm³/mol. The van der Waals surface area contributed by atoms with Crippen LogP contribution in [-0.2, 0) is 9.59 Å². The molecule has 1 aliphatic heterocycles. The SMILES string of the molecule is O=C(NC1CCCC1)C1CCN(C(=O)COc2ccc(Cl)cc2)CC1. The van der Waals surface area contributed by atoms with Crippen LogP contribution in [0.1, 0.15) is 38.5 Å². The topological polar surface area (TPSA) is 58.6 Å². The second kappa shape index (κ2) is 8.56. The number of hydrogen-bond acceptors (Lipinski definition) is 3. The van der Waals surface area contributed by atoms with Gasteiger partial charge in [0.15, 0.2) is 6.61 Å². The molecule has 1 saturated heterocycles. The third-order valence-corrected chi connectivity index (χ3v) is 5.35. The quantitative estimate of drug-likeness (QED) is 0.873. The van der Waals surface area contributed by atoms with Gasteiger partial charge in [-0.3, -0.25) is 9.59 Å². The third-order valence-electron chi connectivity index (χ3n) is 5.10. The fourth-order valence-electron chi connectivity index (χ4n) is 3.55. The maximum absolute atomic E-state index is 12.3. The van der Waals surface area contributed by atoms with Crippen molar-refractivity contribution in [1.29, 1.82) is 0 Å². The lowest BCUT2D eigenvalue weighted by Crippen LogP contribution is -2.46. The molecule has 6 heteroatoms. The van der Waals surface area contributed by atoms with Crippen molar-refractivity contribution in [1.82, 2.24) is 10.2 Å². The van der Waals surface area contributed by atoms with Crippen molar-refractivity contribution in [3.8, 4) is 5.75 Å². The average molecular weight is 365 g/mol. The van der Waals surface area contributed by atoms with E-state index in [1.54, 1.807) is 29.2 Å². The van der Waals surface area contributed by atoms with E-state index in [-0.39, 0.29) is 24.3 Å². The largest absolute Gasteiger partial charge is 0.484 e. The first kappa shape index (κ1) is 18.1. The number of amides is 2. The van der Waals surface area contributed by atoms with Crippen LogP contribution in [0.15, 0.2) is 24.3 Å². The molecule has 136 valence electrons. The van der Waals surface area contributed by atoms with Crippen molar-refractivity contribution < 1.29 is 14.3 Å². The Morgan fingerprint density at radius 3 is 2.36 bits per heavy atom. The molecule has 1 saturated carbocycles. The minimum Gasteiger partial charge on any atom is -0.484 e. The minimum absolute atomic E-state index is 0.0145. The number of carbonyl (C=O) groups excluding carboxylic acids is 2. The fourth-order valence-corrected chi connectivity index (χ4v) is 3.67. The number of likely N-dealkylation sites (tertiary alicyclic amines) is 1. The van der Waals surface area contributed by atoms with Gasteiger partial charge in [0.05, 0.1) is 0 Å². The van der Waals surface area contributed by atoms with E-state index in [2.05, 4.69) is 5.32 Å². The Hall–Kier alpha value is -1.75. The summed E-state index contributed by atoms with van der Waals surface area (Å²) in [6.07, 6.45) is 6.09. The summed E-state index contributed by atoms with van der Waals surface area (Å²) in [5, 5.41) is 3.80. The maximum atomic E-state index is 12.3. The summed E-state index contributed by atoms with van der Waals surface area (Å²) in [4.78, 5) is 26.4. The molecule has 2 amide bonds. The summed E-state index contributed by atoms with van der Waals surface area (Å²) in [5.41, 5.74) is 0. The molecule has 0 radical (unpaired) electrons. The second-order valence-corrected chi connectivity index (χ2v) is 7.32. The van der Waals surface area contributed by atoms with Gasteiger partial charge >= 0.3 is 0 Å². The first-order valence-electron chi connectivity index (χ1n) is 9.08. The summed E-state index contributed by atoms with van der Waals surface area (Å²) >= 11 is 5.83. The lowest BCUT2D eigenvalue weighted by atomic mass is 9.95. The molecule has 3 rings (SSSR count). The van der Waals surface area contributed by atoms with Gasteiger partial charge in [-0.1, -0.05) is 24.4 Å². The molecular weight excluding hydrogens is 340 g/mol. The Kier molecular flexibility index (Phi) is 6.19. The van der Waals surface area contributed by atoms with Crippen LogP contribution in [-0.4, -0.2) is 42.5 Å². The zero-order valence-electron chi connectivity index (χ0n) is 14.4. The van der Waals surface area contributed by atoms with Gasteiger partial charge in [0.1, 0.15) is 5.75 Å². The Morgan fingerprint density at radius 2 is 1.72 bits per heavy atom. The summed E-state index contributed by atoms with van der Waals surface area (Å²) in [6, 6.07) is 7.32. The van der Waals surface area contributed by atoms with Crippen molar-refractivity contribution in [2.24, 2.45) is 5.92 Å². The van der Waals surface area contributed by atoms with Crippen LogP contribution in [0, 0.1) is 5.92 Å². The highest BCUT2D eigenvalue weighted by atomic mass is 35.5. The number of benzene rings is 1. The van der Waals surface area contributed by atoms with Crippen molar-refractivity contribution in [2.45, 2.75) is 44.6 Å². The van der Waals surface area contributed by atoms with Crippen molar-refractivity contribution in [2.75, 3.05) is 19.7 Å². The maximum Gasteiger partial charge on any atom is 0.260 e. The molecule has 0 bridgehead atoms. The number of piperidine rings is 1. The van der Waals surface area contributed by atoms with Crippen LogP contribution in [0.3, 0.4) is 0 Å². The first-order chi connectivity index (χ1) is 12.1. The van der Waals surface area contributed by atoms with E-state index in [0.717, 1.165) is 25.7 Å². The number of carbonyl (C=O) groups is 2. The molecule has 0 aromatic heterocycles. The van der Waals surface area contributed by atoms with E-state index in [1.165, 1.54) is 12.8 Å². The van der Waals surface area contributed by atoms with Crippen LogP contribution in [0.5, 0.6) is 5.75 Å². The Balaban J connectivity index is 1.39. The van der Waals surface area contributed by atoms with E-state index < -0.39 is 0 Å². The van der Waals surface area contributed by atoms with E-state index in [4.69, 9.17) is 16.3 Å². The second-order valence-electron chi connectivity index (χ2n) is 6.89. The zero-order valence-corrected chi connectivity index (χ0v) is 15.1. The Morgan fingerprint density at radius 1 is 1.08 bits per heavy atom. The number of hydrogen-bond donors (Lipinski definition) is 1. The molecule has 0 atom stereocenters. The number of ether oxygens (including phenoxy) is 1. The van der Waals surface area contributed by atoms with E-state index in [9.17, 15) is 9.59 Å². The van der Waals surface area contributed by atoms with E-state index in [0.29, 0.717) is 29.9 Å². The van der Waals surface area contributed by atoms with Crippen LogP contribution >= 0.6 is 11.6 Å². The van der Waals surface area contributed by atoms with Gasteiger partial charge in [0, 0.05) is 30.1 Å². The smallest absolute Gasteiger partial charge is 0.260 e. The number of halogens is 1. The molecule has 1 aromatic carbocycles. The van der Waals surface area contributed by atoms with Gasteiger partial charge < -0.3 is 15.0 Å². The Labute approximate surface area is 153 Å². The molecule has 0 unspecified atom stereocenters. The summed E-state index contributed by atoms with van der Waals surface area (Å²) < 4.78 is 5.51. The lowest BCUT2D eigenvalue weighted by Gasteiger charge is -2.31. The highest BCUT2D eigenvalue weighted by Crippen LogP contribution is 2.22. The molecule has 2 fully saturated rings. The summed E-state index contributed by atoms with van der Waals surface area (Å²) in [6.45, 7) is 1.25.